The van der Waals surface area contributed by atoms with Gasteiger partial charge in [0.05, 0.1) is 6.07 Å². The summed E-state index contributed by atoms with van der Waals surface area (Å²) in [5.74, 6) is 0.00306. The first-order valence-corrected chi connectivity index (χ1v) is 7.02. The first-order chi connectivity index (χ1) is 9.18. The van der Waals surface area contributed by atoms with E-state index < -0.39 is 6.10 Å². The van der Waals surface area contributed by atoms with Gasteiger partial charge in [0.25, 0.3) is 0 Å². The van der Waals surface area contributed by atoms with Gasteiger partial charge >= 0.3 is 0 Å². The van der Waals surface area contributed by atoms with Gasteiger partial charge in [-0.15, -0.1) is 0 Å². The fraction of sp³-hybridized carbons (Fsp3) is 0.562. The van der Waals surface area contributed by atoms with E-state index in [1.165, 1.54) is 5.56 Å². The fourth-order valence-corrected chi connectivity index (χ4v) is 3.16. The lowest BCUT2D eigenvalue weighted by atomic mass is 9.67. The van der Waals surface area contributed by atoms with Gasteiger partial charge in [-0.2, -0.15) is 5.26 Å². The minimum atomic E-state index is -0.865. The lowest BCUT2D eigenvalue weighted by Gasteiger charge is -2.40. The molecular formula is C16H22N2O. The van der Waals surface area contributed by atoms with E-state index in [1.54, 1.807) is 0 Å². The van der Waals surface area contributed by atoms with Crippen molar-refractivity contribution in [1.29, 1.82) is 5.26 Å². The van der Waals surface area contributed by atoms with Gasteiger partial charge in [0.1, 0.15) is 6.10 Å². The van der Waals surface area contributed by atoms with Gasteiger partial charge in [0.2, 0.25) is 0 Å². The number of nitrogens with zero attached hydrogens (tertiary/aromatic N) is 1. The maximum atomic E-state index is 9.74. The molecule has 2 N–H and O–H groups in total. The van der Waals surface area contributed by atoms with Gasteiger partial charge in [-0.05, 0) is 49.2 Å². The number of hydrogen-bond acceptors (Lipinski definition) is 3. The molecule has 0 aliphatic carbocycles. The third-order valence-corrected chi connectivity index (χ3v) is 4.33. The Morgan fingerprint density at radius 1 is 1.32 bits per heavy atom. The van der Waals surface area contributed by atoms with E-state index in [1.807, 2.05) is 19.1 Å². The summed E-state index contributed by atoms with van der Waals surface area (Å²) in [4.78, 5) is 0. The Labute approximate surface area is 115 Å². The average molecular weight is 258 g/mol. The minimum absolute atomic E-state index is 0.00306. The largest absolute Gasteiger partial charge is 0.378 e. The Morgan fingerprint density at radius 2 is 1.95 bits per heavy atom. The Kier molecular flexibility index (Phi) is 4.57. The van der Waals surface area contributed by atoms with Crippen LogP contribution in [0.5, 0.6) is 0 Å². The Morgan fingerprint density at radius 3 is 2.53 bits per heavy atom. The number of nitriles is 1. The summed E-state index contributed by atoms with van der Waals surface area (Å²) in [5, 5.41) is 22.0. The summed E-state index contributed by atoms with van der Waals surface area (Å²) in [6, 6.07) is 12.5. The molecule has 19 heavy (non-hydrogen) atoms. The Hall–Kier alpha value is -1.37. The molecule has 0 amide bonds. The van der Waals surface area contributed by atoms with Crippen molar-refractivity contribution in [3.8, 4) is 6.07 Å². The molecule has 0 bridgehead atoms. The van der Waals surface area contributed by atoms with Crippen molar-refractivity contribution in [3.05, 3.63) is 35.9 Å². The van der Waals surface area contributed by atoms with Crippen molar-refractivity contribution in [3.63, 3.8) is 0 Å². The third-order valence-electron chi connectivity index (χ3n) is 4.33. The van der Waals surface area contributed by atoms with Crippen LogP contribution in [-0.2, 0) is 5.41 Å². The molecule has 0 aromatic heterocycles. The van der Waals surface area contributed by atoms with Gasteiger partial charge in [-0.3, -0.25) is 0 Å². The van der Waals surface area contributed by atoms with Crippen LogP contribution in [0.2, 0.25) is 0 Å². The summed E-state index contributed by atoms with van der Waals surface area (Å²) in [6.45, 7) is 3.98. The third kappa shape index (κ3) is 3.15. The van der Waals surface area contributed by atoms with Crippen molar-refractivity contribution in [2.24, 2.45) is 5.92 Å². The molecule has 1 unspecified atom stereocenters. The molecule has 1 aromatic rings. The molecule has 1 aromatic carbocycles. The molecule has 1 aliphatic heterocycles. The summed E-state index contributed by atoms with van der Waals surface area (Å²) < 4.78 is 0. The second-order valence-electron chi connectivity index (χ2n) is 5.65. The topological polar surface area (TPSA) is 56.0 Å². The number of aliphatic hydroxyl groups is 1. The maximum absolute atomic E-state index is 9.74. The molecule has 102 valence electrons. The lowest BCUT2D eigenvalue weighted by molar-refractivity contribution is 0.131. The molecule has 3 heteroatoms. The zero-order valence-corrected chi connectivity index (χ0v) is 11.5. The number of benzene rings is 1. The second-order valence-corrected chi connectivity index (χ2v) is 5.65. The highest BCUT2D eigenvalue weighted by molar-refractivity contribution is 5.26. The fourth-order valence-electron chi connectivity index (χ4n) is 3.16. The van der Waals surface area contributed by atoms with Crippen LogP contribution in [0.3, 0.4) is 0 Å². The zero-order chi connectivity index (χ0) is 13.7. The number of aliphatic hydroxyl groups excluding tert-OH is 1. The highest BCUT2D eigenvalue weighted by Gasteiger charge is 2.36. The predicted molar refractivity (Wildman–Crippen MR) is 75.6 cm³/mol. The Bertz CT molecular complexity index is 432. The molecule has 3 nitrogen and oxygen atoms in total. The van der Waals surface area contributed by atoms with Gasteiger partial charge < -0.3 is 10.4 Å². The first kappa shape index (κ1) is 14.0. The molecule has 0 saturated carbocycles. The summed E-state index contributed by atoms with van der Waals surface area (Å²) in [5.41, 5.74) is 1.44. The normalized spacial score (nSPS) is 21.3. The van der Waals surface area contributed by atoms with E-state index in [0.717, 1.165) is 32.4 Å². The summed E-state index contributed by atoms with van der Waals surface area (Å²) in [6.07, 6.45) is 2.14. The maximum Gasteiger partial charge on any atom is 0.143 e. The van der Waals surface area contributed by atoms with Crippen LogP contribution in [0.15, 0.2) is 30.3 Å². The number of piperidine rings is 1. The number of nitrogens with one attached hydrogen (secondary N) is 1. The number of hydrogen-bond donors (Lipinski definition) is 2. The van der Waals surface area contributed by atoms with Crippen molar-refractivity contribution in [1.82, 2.24) is 5.32 Å². The zero-order valence-electron chi connectivity index (χ0n) is 11.5. The van der Waals surface area contributed by atoms with Crippen molar-refractivity contribution >= 4 is 0 Å². The van der Waals surface area contributed by atoms with Crippen LogP contribution < -0.4 is 5.32 Å². The van der Waals surface area contributed by atoms with Crippen molar-refractivity contribution in [2.45, 2.75) is 37.7 Å². The SMILES string of the molecule is CC(CC1(c2ccccc2)CCNCC1)[C@H](O)C#N. The first-order valence-electron chi connectivity index (χ1n) is 7.02. The Balaban J connectivity index is 2.23. The molecule has 1 aliphatic rings. The van der Waals surface area contributed by atoms with Gasteiger partial charge in [-0.25, -0.2) is 0 Å². The lowest BCUT2D eigenvalue weighted by Crippen LogP contribution is -2.42. The standard InChI is InChI=1S/C16H22N2O/c1-13(15(19)12-17)11-16(7-9-18-10-8-16)14-5-3-2-4-6-14/h2-6,13,15,18-19H,7-11H2,1H3/t13?,15-/m1/s1. The van der Waals surface area contributed by atoms with Crippen LogP contribution >= 0.6 is 0 Å². The van der Waals surface area contributed by atoms with E-state index in [9.17, 15) is 5.11 Å². The molecule has 0 radical (unpaired) electrons. The minimum Gasteiger partial charge on any atom is -0.378 e. The van der Waals surface area contributed by atoms with Crippen LogP contribution in [-0.4, -0.2) is 24.3 Å². The van der Waals surface area contributed by atoms with E-state index in [2.05, 4.69) is 29.6 Å². The van der Waals surface area contributed by atoms with Crippen molar-refractivity contribution < 1.29 is 5.11 Å². The van der Waals surface area contributed by atoms with Gasteiger partial charge in [0.15, 0.2) is 0 Å². The van der Waals surface area contributed by atoms with E-state index in [4.69, 9.17) is 5.26 Å². The molecule has 2 rings (SSSR count). The van der Waals surface area contributed by atoms with E-state index in [0.29, 0.717) is 0 Å². The molecule has 2 atom stereocenters. The van der Waals surface area contributed by atoms with E-state index >= 15 is 0 Å². The summed E-state index contributed by atoms with van der Waals surface area (Å²) in [7, 11) is 0. The average Bonchev–Trinajstić information content (AvgIpc) is 2.48. The predicted octanol–water partition coefficient (Wildman–Crippen LogP) is 2.22. The van der Waals surface area contributed by atoms with Crippen LogP contribution in [0.4, 0.5) is 0 Å². The molecular weight excluding hydrogens is 236 g/mol. The number of rotatable bonds is 4. The van der Waals surface area contributed by atoms with Crippen LogP contribution in [0.25, 0.3) is 0 Å². The smallest absolute Gasteiger partial charge is 0.143 e. The van der Waals surface area contributed by atoms with Crippen LogP contribution in [0, 0.1) is 17.2 Å². The van der Waals surface area contributed by atoms with Crippen LogP contribution in [0.1, 0.15) is 31.7 Å². The highest BCUT2D eigenvalue weighted by Crippen LogP contribution is 2.39. The highest BCUT2D eigenvalue weighted by atomic mass is 16.3. The molecule has 1 saturated heterocycles. The van der Waals surface area contributed by atoms with Gasteiger partial charge in [-0.1, -0.05) is 37.3 Å². The molecule has 1 fully saturated rings. The quantitative estimate of drug-likeness (QED) is 0.814. The molecule has 0 spiro atoms. The molecule has 1 heterocycles. The monoisotopic (exact) mass is 258 g/mol. The van der Waals surface area contributed by atoms with E-state index in [-0.39, 0.29) is 11.3 Å². The summed E-state index contributed by atoms with van der Waals surface area (Å²) >= 11 is 0. The van der Waals surface area contributed by atoms with Gasteiger partial charge in [0, 0.05) is 0 Å². The van der Waals surface area contributed by atoms with Crippen molar-refractivity contribution in [2.75, 3.05) is 13.1 Å². The second kappa shape index (κ2) is 6.18.